The third-order valence-electron chi connectivity index (χ3n) is 5.95. The van der Waals surface area contributed by atoms with Crippen LogP contribution in [0.4, 0.5) is 4.39 Å². The molecule has 1 saturated carbocycles. The fourth-order valence-corrected chi connectivity index (χ4v) is 4.36. The third kappa shape index (κ3) is 5.24. The lowest BCUT2D eigenvalue weighted by Gasteiger charge is -2.37. The van der Waals surface area contributed by atoms with E-state index in [9.17, 15) is 14.0 Å². The van der Waals surface area contributed by atoms with Crippen molar-refractivity contribution in [3.63, 3.8) is 0 Å². The summed E-state index contributed by atoms with van der Waals surface area (Å²) in [6.45, 7) is 1.47. The summed E-state index contributed by atoms with van der Waals surface area (Å²) in [7, 11) is 0. The first-order chi connectivity index (χ1) is 15.4. The van der Waals surface area contributed by atoms with Crippen LogP contribution in [-0.4, -0.2) is 60.3 Å². The van der Waals surface area contributed by atoms with Crippen LogP contribution in [0.1, 0.15) is 49.5 Å². The number of carbonyl (C=O) groups excluding carboxylic acids is 1. The average Bonchev–Trinajstić information content (AvgIpc) is 3.53. The number of aromatic nitrogens is 4. The highest BCUT2D eigenvalue weighted by molar-refractivity contribution is 7.81. The second-order valence-corrected chi connectivity index (χ2v) is 8.98. The Hall–Kier alpha value is -2.59. The molecule has 2 atom stereocenters. The van der Waals surface area contributed by atoms with Gasteiger partial charge < -0.3 is 5.11 Å². The van der Waals surface area contributed by atoms with Gasteiger partial charge in [-0.15, -0.1) is 5.10 Å². The van der Waals surface area contributed by atoms with Crippen molar-refractivity contribution in [1.29, 1.82) is 0 Å². The highest BCUT2D eigenvalue weighted by atomic mass is 32.1. The van der Waals surface area contributed by atoms with Gasteiger partial charge in [-0.05, 0) is 53.8 Å². The molecule has 2 fully saturated rings. The number of benzene rings is 1. The summed E-state index contributed by atoms with van der Waals surface area (Å²) >= 11 is 4.71. The zero-order chi connectivity index (χ0) is 22.7. The number of hydrogen-bond donors (Lipinski definition) is 2. The topological polar surface area (TPSA) is 101 Å². The number of hydrogen-bond acceptors (Lipinski definition) is 7. The van der Waals surface area contributed by atoms with Crippen LogP contribution in [0.15, 0.2) is 29.8 Å². The Bertz CT molecular complexity index is 1020. The SMILES string of the molecule is O=C(O)CCCn1nnnc1/C=C1/CN(C(C(=O)C2CC2)c2ccccc2F)CCC1S. The molecule has 8 nitrogen and oxygen atoms in total. The number of carbonyl (C=O) groups is 2. The molecule has 4 rings (SSSR count). The van der Waals surface area contributed by atoms with E-state index in [-0.39, 0.29) is 29.2 Å². The largest absolute Gasteiger partial charge is 0.481 e. The number of tetrazole rings is 1. The van der Waals surface area contributed by atoms with Crippen molar-refractivity contribution in [2.75, 3.05) is 13.1 Å². The zero-order valence-corrected chi connectivity index (χ0v) is 18.5. The molecule has 0 amide bonds. The summed E-state index contributed by atoms with van der Waals surface area (Å²) in [6, 6.07) is 5.86. The minimum Gasteiger partial charge on any atom is -0.481 e. The van der Waals surface area contributed by atoms with Gasteiger partial charge in [0.25, 0.3) is 0 Å². The van der Waals surface area contributed by atoms with Gasteiger partial charge in [-0.3, -0.25) is 14.5 Å². The number of carboxylic acids is 1. The standard InChI is InChI=1S/C22H26FN5O3S/c23-17-5-2-1-4-16(17)21(22(31)14-7-8-14)27-11-9-18(32)15(13-27)12-19-24-25-26-28(19)10-3-6-20(29)30/h1-2,4-5,12,14,18,21,32H,3,6-11,13H2,(H,29,30)/b15-12-. The molecule has 32 heavy (non-hydrogen) atoms. The maximum absolute atomic E-state index is 14.7. The van der Waals surface area contributed by atoms with Crippen LogP contribution >= 0.6 is 12.6 Å². The van der Waals surface area contributed by atoms with Gasteiger partial charge in [0.05, 0.1) is 6.04 Å². The van der Waals surface area contributed by atoms with E-state index in [2.05, 4.69) is 15.5 Å². The van der Waals surface area contributed by atoms with Crippen LogP contribution in [0.2, 0.25) is 0 Å². The predicted molar refractivity (Wildman–Crippen MR) is 118 cm³/mol. The summed E-state index contributed by atoms with van der Waals surface area (Å²) in [5.41, 5.74) is 1.36. The van der Waals surface area contributed by atoms with Crippen molar-refractivity contribution < 1.29 is 19.1 Å². The van der Waals surface area contributed by atoms with Crippen LogP contribution < -0.4 is 0 Å². The lowest BCUT2D eigenvalue weighted by atomic mass is 9.93. The lowest BCUT2D eigenvalue weighted by Crippen LogP contribution is -2.42. The van der Waals surface area contributed by atoms with Gasteiger partial charge in [0.15, 0.2) is 11.6 Å². The van der Waals surface area contributed by atoms with Crippen LogP contribution in [0, 0.1) is 11.7 Å². The molecular formula is C22H26FN5O3S. The van der Waals surface area contributed by atoms with Crippen molar-refractivity contribution in [2.45, 2.75) is 49.9 Å². The van der Waals surface area contributed by atoms with Gasteiger partial charge in [-0.1, -0.05) is 18.2 Å². The van der Waals surface area contributed by atoms with E-state index < -0.39 is 12.0 Å². The average molecular weight is 460 g/mol. The number of nitrogens with zero attached hydrogens (tertiary/aromatic N) is 5. The van der Waals surface area contributed by atoms with Crippen LogP contribution in [0.3, 0.4) is 0 Å². The summed E-state index contributed by atoms with van der Waals surface area (Å²) in [5.74, 6) is -0.640. The van der Waals surface area contributed by atoms with Crippen LogP contribution in [0.25, 0.3) is 6.08 Å². The van der Waals surface area contributed by atoms with E-state index >= 15 is 0 Å². The Balaban J connectivity index is 1.57. The highest BCUT2D eigenvalue weighted by Gasteiger charge is 2.40. The quantitative estimate of drug-likeness (QED) is 0.556. The van der Waals surface area contributed by atoms with E-state index in [1.54, 1.807) is 22.9 Å². The third-order valence-corrected chi connectivity index (χ3v) is 6.54. The number of Topliss-reactive ketones (excluding diaryl/α,β-unsaturated/α-hetero) is 1. The molecule has 10 heteroatoms. The summed E-state index contributed by atoms with van der Waals surface area (Å²) in [6.07, 6.45) is 4.73. The number of piperidine rings is 1. The molecule has 0 spiro atoms. The van der Waals surface area contributed by atoms with Gasteiger partial charge >= 0.3 is 5.97 Å². The number of aliphatic carboxylic acids is 1. The van der Waals surface area contributed by atoms with Crippen molar-refractivity contribution in [3.8, 4) is 0 Å². The van der Waals surface area contributed by atoms with Crippen molar-refractivity contribution in [1.82, 2.24) is 25.1 Å². The molecule has 2 heterocycles. The highest BCUT2D eigenvalue weighted by Crippen LogP contribution is 2.39. The fourth-order valence-electron chi connectivity index (χ4n) is 4.09. The van der Waals surface area contributed by atoms with Gasteiger partial charge in [0, 0.05) is 42.8 Å². The number of thiol groups is 1. The van der Waals surface area contributed by atoms with E-state index in [4.69, 9.17) is 17.7 Å². The summed E-state index contributed by atoms with van der Waals surface area (Å²) < 4.78 is 16.2. The number of rotatable bonds is 9. The molecule has 1 aromatic carbocycles. The Labute approximate surface area is 190 Å². The molecule has 0 radical (unpaired) electrons. The molecule has 1 N–H and O–H groups in total. The molecule has 1 aliphatic heterocycles. The van der Waals surface area contributed by atoms with Gasteiger partial charge in [-0.2, -0.15) is 12.6 Å². The fraction of sp³-hybridized carbons (Fsp3) is 0.500. The molecule has 1 saturated heterocycles. The first kappa shape index (κ1) is 22.6. The van der Waals surface area contributed by atoms with Gasteiger partial charge in [0.1, 0.15) is 5.82 Å². The van der Waals surface area contributed by atoms with Gasteiger partial charge in [0.2, 0.25) is 0 Å². The molecule has 170 valence electrons. The number of carboxylic acid groups (broad SMARTS) is 1. The zero-order valence-electron chi connectivity index (χ0n) is 17.6. The first-order valence-corrected chi connectivity index (χ1v) is 11.3. The van der Waals surface area contributed by atoms with E-state index in [1.807, 2.05) is 11.0 Å². The van der Waals surface area contributed by atoms with Crippen molar-refractivity contribution >= 4 is 30.5 Å². The number of halogens is 1. The van der Waals surface area contributed by atoms with E-state index in [1.165, 1.54) is 6.07 Å². The first-order valence-electron chi connectivity index (χ1n) is 10.8. The number of likely N-dealkylation sites (tertiary alicyclic amines) is 1. The Morgan fingerprint density at radius 3 is 2.78 bits per heavy atom. The van der Waals surface area contributed by atoms with E-state index in [0.29, 0.717) is 43.9 Å². The van der Waals surface area contributed by atoms with E-state index in [0.717, 1.165) is 18.4 Å². The van der Waals surface area contributed by atoms with Crippen molar-refractivity contribution in [3.05, 3.63) is 47.0 Å². The normalized spacial score (nSPS) is 21.6. The molecule has 0 bridgehead atoms. The molecular weight excluding hydrogens is 433 g/mol. The Kier molecular flexibility index (Phi) is 7.00. The Morgan fingerprint density at radius 1 is 1.28 bits per heavy atom. The maximum Gasteiger partial charge on any atom is 0.303 e. The number of ketones is 1. The smallest absolute Gasteiger partial charge is 0.303 e. The lowest BCUT2D eigenvalue weighted by molar-refractivity contribution is -0.137. The van der Waals surface area contributed by atoms with Crippen LogP contribution in [0.5, 0.6) is 0 Å². The van der Waals surface area contributed by atoms with Crippen LogP contribution in [-0.2, 0) is 16.1 Å². The minimum absolute atomic E-state index is 0.00212. The molecule has 2 aliphatic rings. The monoisotopic (exact) mass is 459 g/mol. The second kappa shape index (κ2) is 9.91. The molecule has 2 aromatic rings. The van der Waals surface area contributed by atoms with Gasteiger partial charge in [-0.25, -0.2) is 9.07 Å². The molecule has 1 aliphatic carbocycles. The second-order valence-electron chi connectivity index (χ2n) is 8.35. The molecule has 2 unspecified atom stereocenters. The predicted octanol–water partition coefficient (Wildman–Crippen LogP) is 2.78. The maximum atomic E-state index is 14.7. The number of aryl methyl sites for hydroxylation is 1. The minimum atomic E-state index is -0.865. The summed E-state index contributed by atoms with van der Waals surface area (Å²) in [5, 5.41) is 20.5. The molecule has 1 aromatic heterocycles. The van der Waals surface area contributed by atoms with Crippen molar-refractivity contribution in [2.24, 2.45) is 5.92 Å². The summed E-state index contributed by atoms with van der Waals surface area (Å²) in [4.78, 5) is 26.0. The Morgan fingerprint density at radius 2 is 2.06 bits per heavy atom.